The average Bonchev–Trinajstić information content (AvgIpc) is 2.83. The van der Waals surface area contributed by atoms with Crippen LogP contribution in [0, 0.1) is 16.7 Å². The number of hydrogen-bond acceptors (Lipinski definition) is 5. The maximum Gasteiger partial charge on any atom is 0.181 e. The molecular weight excluding hydrogens is 246 g/mol. The van der Waals surface area contributed by atoms with Crippen LogP contribution in [0.4, 0.5) is 0 Å². The molecule has 5 nitrogen and oxygen atoms in total. The Bertz CT molecular complexity index is 569. The van der Waals surface area contributed by atoms with Gasteiger partial charge in [-0.3, -0.25) is 0 Å². The van der Waals surface area contributed by atoms with Gasteiger partial charge in [-0.2, -0.15) is 5.26 Å². The molecule has 0 spiro atoms. The Labute approximate surface area is 110 Å². The van der Waals surface area contributed by atoms with E-state index in [1.165, 1.54) is 6.33 Å². The second-order valence-electron chi connectivity index (χ2n) is 4.73. The van der Waals surface area contributed by atoms with E-state index in [1.807, 2.05) is 13.8 Å². The molecule has 2 aromatic heterocycles. The van der Waals surface area contributed by atoms with Crippen LogP contribution < -0.4 is 0 Å². The number of aromatic nitrogens is 4. The van der Waals surface area contributed by atoms with Crippen molar-refractivity contribution >= 4 is 22.9 Å². The molecule has 94 valence electrons. The van der Waals surface area contributed by atoms with Gasteiger partial charge in [-0.05, 0) is 32.4 Å². The predicted molar refractivity (Wildman–Crippen MR) is 71.0 cm³/mol. The highest BCUT2D eigenvalue weighted by molar-refractivity contribution is 7.99. The lowest BCUT2D eigenvalue weighted by Crippen LogP contribution is -2.07. The molecule has 0 radical (unpaired) electrons. The lowest BCUT2D eigenvalue weighted by Gasteiger charge is -2.13. The van der Waals surface area contributed by atoms with Gasteiger partial charge < -0.3 is 4.98 Å². The lowest BCUT2D eigenvalue weighted by atomic mass is 9.90. The molecule has 0 aliphatic heterocycles. The van der Waals surface area contributed by atoms with Crippen molar-refractivity contribution in [2.24, 2.45) is 5.41 Å². The number of nitrogens with zero attached hydrogens (tertiary/aromatic N) is 4. The number of fused-ring (bicyclic) bond motifs is 1. The van der Waals surface area contributed by atoms with Crippen LogP contribution in [0.3, 0.4) is 0 Å². The van der Waals surface area contributed by atoms with Gasteiger partial charge in [-0.15, -0.1) is 11.8 Å². The molecule has 0 unspecified atom stereocenters. The molecule has 0 aliphatic carbocycles. The predicted octanol–water partition coefficient (Wildman–Crippen LogP) is 2.77. The maximum atomic E-state index is 8.93. The minimum absolute atomic E-state index is 0.241. The number of nitrogens with one attached hydrogen (secondary N) is 1. The summed E-state index contributed by atoms with van der Waals surface area (Å²) in [5.74, 6) is 0.941. The topological polar surface area (TPSA) is 78.2 Å². The van der Waals surface area contributed by atoms with Gasteiger partial charge in [-0.25, -0.2) is 15.0 Å². The van der Waals surface area contributed by atoms with Crippen LogP contribution in [0.15, 0.2) is 17.7 Å². The Balaban J connectivity index is 1.91. The Morgan fingerprint density at radius 1 is 1.39 bits per heavy atom. The van der Waals surface area contributed by atoms with Crippen molar-refractivity contribution in [1.82, 2.24) is 19.9 Å². The largest absolute Gasteiger partial charge is 0.341 e. The number of H-pyrrole nitrogens is 1. The Morgan fingerprint density at radius 3 is 3.00 bits per heavy atom. The highest BCUT2D eigenvalue weighted by Gasteiger charge is 2.16. The summed E-state index contributed by atoms with van der Waals surface area (Å²) in [6, 6.07) is 2.31. The molecule has 2 heterocycles. The number of rotatable bonds is 5. The molecule has 0 bridgehead atoms. The van der Waals surface area contributed by atoms with E-state index in [0.717, 1.165) is 29.1 Å². The van der Waals surface area contributed by atoms with Crippen LogP contribution in [0.1, 0.15) is 26.7 Å². The first kappa shape index (κ1) is 12.8. The van der Waals surface area contributed by atoms with Crippen LogP contribution in [0.5, 0.6) is 0 Å². The summed E-state index contributed by atoms with van der Waals surface area (Å²) >= 11 is 1.67. The summed E-state index contributed by atoms with van der Waals surface area (Å²) in [5, 5.41) is 9.86. The standard InChI is InChI=1S/C12H15N5S/c1-12(2,6-13)4-3-5-18-11-9-10(15-7-14-9)16-8-17-11/h7-8H,3-5H2,1-2H3,(H,14,15,16,17). The van der Waals surface area contributed by atoms with Crippen molar-refractivity contribution in [3.63, 3.8) is 0 Å². The SMILES string of the molecule is CC(C)(C#N)CCCSc1ncnc2nc[nH]c12. The second kappa shape index (κ2) is 5.36. The summed E-state index contributed by atoms with van der Waals surface area (Å²) in [4.78, 5) is 15.5. The second-order valence-corrected chi connectivity index (χ2v) is 5.81. The third kappa shape index (κ3) is 2.99. The molecule has 2 aromatic rings. The van der Waals surface area contributed by atoms with Crippen molar-refractivity contribution in [1.29, 1.82) is 5.26 Å². The van der Waals surface area contributed by atoms with Crippen LogP contribution in [0.25, 0.3) is 11.2 Å². The summed E-state index contributed by atoms with van der Waals surface area (Å²) in [5.41, 5.74) is 1.35. The first-order chi connectivity index (χ1) is 8.62. The minimum atomic E-state index is -0.241. The first-order valence-corrected chi connectivity index (χ1v) is 6.79. The van der Waals surface area contributed by atoms with E-state index in [2.05, 4.69) is 26.0 Å². The normalized spacial score (nSPS) is 11.6. The van der Waals surface area contributed by atoms with Gasteiger partial charge in [0, 0.05) is 0 Å². The van der Waals surface area contributed by atoms with Gasteiger partial charge in [0.25, 0.3) is 0 Å². The van der Waals surface area contributed by atoms with Crippen LogP contribution in [0.2, 0.25) is 0 Å². The fourth-order valence-corrected chi connectivity index (χ4v) is 2.49. The quantitative estimate of drug-likeness (QED) is 0.508. The molecule has 0 fully saturated rings. The zero-order chi connectivity index (χ0) is 13.0. The summed E-state index contributed by atoms with van der Waals surface area (Å²) < 4.78 is 0. The molecule has 6 heteroatoms. The van der Waals surface area contributed by atoms with E-state index in [1.54, 1.807) is 18.1 Å². The fraction of sp³-hybridized carbons (Fsp3) is 0.500. The Hall–Kier alpha value is -1.61. The maximum absolute atomic E-state index is 8.93. The number of thioether (sulfide) groups is 1. The van der Waals surface area contributed by atoms with Gasteiger partial charge in [0.15, 0.2) is 5.65 Å². The Kier molecular flexibility index (Phi) is 3.82. The third-order valence-electron chi connectivity index (χ3n) is 2.68. The molecule has 0 saturated heterocycles. The molecule has 2 rings (SSSR count). The molecule has 18 heavy (non-hydrogen) atoms. The molecule has 0 saturated carbocycles. The van der Waals surface area contributed by atoms with Gasteiger partial charge in [-0.1, -0.05) is 0 Å². The molecule has 0 aliphatic rings. The molecule has 0 atom stereocenters. The third-order valence-corrected chi connectivity index (χ3v) is 3.75. The Morgan fingerprint density at radius 2 is 2.22 bits per heavy atom. The number of aromatic amines is 1. The molecule has 0 aromatic carbocycles. The van der Waals surface area contributed by atoms with Gasteiger partial charge in [0.05, 0.1) is 17.8 Å². The van der Waals surface area contributed by atoms with E-state index in [4.69, 9.17) is 5.26 Å². The van der Waals surface area contributed by atoms with E-state index >= 15 is 0 Å². The minimum Gasteiger partial charge on any atom is -0.341 e. The van der Waals surface area contributed by atoms with Crippen molar-refractivity contribution < 1.29 is 0 Å². The van der Waals surface area contributed by atoms with Crippen LogP contribution in [-0.2, 0) is 0 Å². The zero-order valence-electron chi connectivity index (χ0n) is 10.5. The monoisotopic (exact) mass is 261 g/mol. The van der Waals surface area contributed by atoms with E-state index < -0.39 is 0 Å². The van der Waals surface area contributed by atoms with Crippen LogP contribution >= 0.6 is 11.8 Å². The molecule has 1 N–H and O–H groups in total. The van der Waals surface area contributed by atoms with Gasteiger partial charge in [0.2, 0.25) is 0 Å². The highest BCUT2D eigenvalue weighted by Crippen LogP contribution is 2.26. The number of imidazole rings is 1. The summed E-state index contributed by atoms with van der Waals surface area (Å²) in [6.45, 7) is 3.94. The number of nitriles is 1. The van der Waals surface area contributed by atoms with Crippen molar-refractivity contribution in [3.8, 4) is 6.07 Å². The highest BCUT2D eigenvalue weighted by atomic mass is 32.2. The summed E-state index contributed by atoms with van der Waals surface area (Å²) in [6.07, 6.45) is 5.05. The molecular formula is C12H15N5S. The van der Waals surface area contributed by atoms with Gasteiger partial charge >= 0.3 is 0 Å². The summed E-state index contributed by atoms with van der Waals surface area (Å²) in [7, 11) is 0. The first-order valence-electron chi connectivity index (χ1n) is 5.80. The lowest BCUT2D eigenvalue weighted by molar-refractivity contribution is 0.448. The number of hydrogen-bond donors (Lipinski definition) is 1. The van der Waals surface area contributed by atoms with Crippen molar-refractivity contribution in [2.75, 3.05) is 5.75 Å². The average molecular weight is 261 g/mol. The smallest absolute Gasteiger partial charge is 0.181 e. The zero-order valence-corrected chi connectivity index (χ0v) is 11.3. The van der Waals surface area contributed by atoms with E-state index in [9.17, 15) is 0 Å². The van der Waals surface area contributed by atoms with Crippen LogP contribution in [-0.4, -0.2) is 25.7 Å². The van der Waals surface area contributed by atoms with Gasteiger partial charge in [0.1, 0.15) is 16.9 Å². The van der Waals surface area contributed by atoms with E-state index in [0.29, 0.717) is 5.65 Å². The van der Waals surface area contributed by atoms with E-state index in [-0.39, 0.29) is 5.41 Å². The fourth-order valence-electron chi connectivity index (χ4n) is 1.59. The van der Waals surface area contributed by atoms with Crippen molar-refractivity contribution in [3.05, 3.63) is 12.7 Å². The molecule has 0 amide bonds. The van der Waals surface area contributed by atoms with Crippen molar-refractivity contribution in [2.45, 2.75) is 31.7 Å².